The Labute approximate surface area is 119 Å². The van der Waals surface area contributed by atoms with E-state index >= 15 is 0 Å². The normalized spacial score (nSPS) is 12.6. The molecule has 0 aliphatic heterocycles. The molecule has 0 aromatic heterocycles. The molecule has 1 rings (SSSR count). The van der Waals surface area contributed by atoms with Crippen molar-refractivity contribution >= 4 is 15.9 Å². The van der Waals surface area contributed by atoms with E-state index in [0.717, 1.165) is 4.47 Å². The minimum absolute atomic E-state index is 0.121. The standard InChI is InChI=1S/C13H17BrF3NO/c1-12(2,3)18-7-9-6-10(14)4-5-11(9)19-8-13(15,16)17/h4-6,18H,7-8H2,1-3H3. The van der Waals surface area contributed by atoms with Gasteiger partial charge in [0.15, 0.2) is 6.61 Å². The van der Waals surface area contributed by atoms with E-state index in [-0.39, 0.29) is 11.3 Å². The van der Waals surface area contributed by atoms with Gasteiger partial charge in [-0.25, -0.2) is 0 Å². The fourth-order valence-corrected chi connectivity index (χ4v) is 1.76. The highest BCUT2D eigenvalue weighted by Gasteiger charge is 2.28. The maximum absolute atomic E-state index is 12.2. The zero-order valence-electron chi connectivity index (χ0n) is 11.1. The quantitative estimate of drug-likeness (QED) is 0.883. The molecule has 0 saturated carbocycles. The van der Waals surface area contributed by atoms with Gasteiger partial charge >= 0.3 is 6.18 Å². The first-order valence-corrected chi connectivity index (χ1v) is 6.59. The molecule has 108 valence electrons. The van der Waals surface area contributed by atoms with Crippen LogP contribution in [0, 0.1) is 0 Å². The lowest BCUT2D eigenvalue weighted by Crippen LogP contribution is -2.35. The fraction of sp³-hybridized carbons (Fsp3) is 0.538. The molecule has 0 aliphatic rings. The van der Waals surface area contributed by atoms with Gasteiger partial charge in [0, 0.05) is 22.1 Å². The van der Waals surface area contributed by atoms with Crippen LogP contribution in [0.1, 0.15) is 26.3 Å². The number of benzene rings is 1. The molecule has 0 bridgehead atoms. The molecule has 0 amide bonds. The van der Waals surface area contributed by atoms with Crippen LogP contribution >= 0.6 is 15.9 Å². The molecule has 0 aliphatic carbocycles. The van der Waals surface area contributed by atoms with E-state index in [1.165, 1.54) is 6.07 Å². The van der Waals surface area contributed by atoms with Crippen molar-refractivity contribution in [3.8, 4) is 5.75 Å². The van der Waals surface area contributed by atoms with Crippen LogP contribution in [0.15, 0.2) is 22.7 Å². The first kappa shape index (κ1) is 16.3. The molecule has 0 saturated heterocycles. The van der Waals surface area contributed by atoms with Crippen LogP contribution in [0.4, 0.5) is 13.2 Å². The van der Waals surface area contributed by atoms with Gasteiger partial charge in [-0.05, 0) is 39.0 Å². The summed E-state index contributed by atoms with van der Waals surface area (Å²) in [7, 11) is 0. The van der Waals surface area contributed by atoms with E-state index in [4.69, 9.17) is 4.74 Å². The third kappa shape index (κ3) is 6.82. The average molecular weight is 340 g/mol. The van der Waals surface area contributed by atoms with Gasteiger partial charge in [-0.1, -0.05) is 15.9 Å². The van der Waals surface area contributed by atoms with Crippen LogP contribution in [-0.2, 0) is 6.54 Å². The smallest absolute Gasteiger partial charge is 0.422 e. The van der Waals surface area contributed by atoms with Crippen molar-refractivity contribution in [2.45, 2.75) is 39.0 Å². The molecule has 2 nitrogen and oxygen atoms in total. The lowest BCUT2D eigenvalue weighted by atomic mass is 10.1. The molecule has 1 aromatic rings. The van der Waals surface area contributed by atoms with Crippen molar-refractivity contribution in [3.05, 3.63) is 28.2 Å². The number of nitrogens with one attached hydrogen (secondary N) is 1. The maximum Gasteiger partial charge on any atom is 0.422 e. The third-order valence-corrected chi connectivity index (χ3v) is 2.72. The van der Waals surface area contributed by atoms with Crippen LogP contribution in [0.5, 0.6) is 5.75 Å². The Morgan fingerprint density at radius 3 is 2.37 bits per heavy atom. The molecule has 0 radical (unpaired) electrons. The van der Waals surface area contributed by atoms with Gasteiger partial charge in [-0.3, -0.25) is 0 Å². The molecule has 1 aromatic carbocycles. The van der Waals surface area contributed by atoms with Crippen molar-refractivity contribution in [2.75, 3.05) is 6.61 Å². The van der Waals surface area contributed by atoms with Gasteiger partial charge < -0.3 is 10.1 Å². The van der Waals surface area contributed by atoms with Gasteiger partial charge in [-0.15, -0.1) is 0 Å². The number of alkyl halides is 3. The summed E-state index contributed by atoms with van der Waals surface area (Å²) in [6, 6.07) is 4.95. The number of hydrogen-bond donors (Lipinski definition) is 1. The summed E-state index contributed by atoms with van der Waals surface area (Å²) in [4.78, 5) is 0. The van der Waals surface area contributed by atoms with Crippen molar-refractivity contribution < 1.29 is 17.9 Å². The van der Waals surface area contributed by atoms with Crippen LogP contribution in [0.25, 0.3) is 0 Å². The van der Waals surface area contributed by atoms with E-state index in [1.807, 2.05) is 20.8 Å². The van der Waals surface area contributed by atoms with Crippen molar-refractivity contribution in [1.82, 2.24) is 5.32 Å². The Bertz CT molecular complexity index is 427. The fourth-order valence-electron chi connectivity index (χ4n) is 1.35. The van der Waals surface area contributed by atoms with Crippen LogP contribution < -0.4 is 10.1 Å². The van der Waals surface area contributed by atoms with Crippen molar-refractivity contribution in [1.29, 1.82) is 0 Å². The summed E-state index contributed by atoms with van der Waals surface area (Å²) < 4.78 is 42.2. The molecular formula is C13H17BrF3NO. The molecule has 1 N–H and O–H groups in total. The molecule has 6 heteroatoms. The monoisotopic (exact) mass is 339 g/mol. The van der Waals surface area contributed by atoms with Gasteiger partial charge in [0.2, 0.25) is 0 Å². The van der Waals surface area contributed by atoms with Crippen molar-refractivity contribution in [2.24, 2.45) is 0 Å². The summed E-state index contributed by atoms with van der Waals surface area (Å²) in [5.41, 5.74) is 0.567. The molecule has 0 atom stereocenters. The largest absolute Gasteiger partial charge is 0.484 e. The van der Waals surface area contributed by atoms with E-state index in [1.54, 1.807) is 12.1 Å². The summed E-state index contributed by atoms with van der Waals surface area (Å²) in [6.07, 6.45) is -4.33. The lowest BCUT2D eigenvalue weighted by Gasteiger charge is -2.22. The first-order valence-electron chi connectivity index (χ1n) is 5.80. The average Bonchev–Trinajstić information content (AvgIpc) is 2.22. The SMILES string of the molecule is CC(C)(C)NCc1cc(Br)ccc1OCC(F)(F)F. The summed E-state index contributed by atoms with van der Waals surface area (Å²) >= 11 is 3.30. The molecular weight excluding hydrogens is 323 g/mol. The predicted octanol–water partition coefficient (Wildman–Crippen LogP) is 4.28. The molecule has 0 fully saturated rings. The van der Waals surface area contributed by atoms with Crippen LogP contribution in [0.3, 0.4) is 0 Å². The molecule has 0 unspecified atom stereocenters. The second-order valence-corrected chi connectivity index (χ2v) is 6.18. The number of halogens is 4. The minimum atomic E-state index is -4.33. The molecule has 19 heavy (non-hydrogen) atoms. The molecule has 0 spiro atoms. The summed E-state index contributed by atoms with van der Waals surface area (Å²) in [6.45, 7) is 5.12. The summed E-state index contributed by atoms with van der Waals surface area (Å²) in [5, 5.41) is 3.22. The van der Waals surface area contributed by atoms with E-state index in [0.29, 0.717) is 12.1 Å². The van der Waals surface area contributed by atoms with Gasteiger partial charge in [0.1, 0.15) is 5.75 Å². The molecule has 0 heterocycles. The Morgan fingerprint density at radius 1 is 1.21 bits per heavy atom. The Hall–Kier alpha value is -0.750. The highest BCUT2D eigenvalue weighted by Crippen LogP contribution is 2.26. The Kier molecular flexibility index (Phi) is 5.26. The highest BCUT2D eigenvalue weighted by atomic mass is 79.9. The topological polar surface area (TPSA) is 21.3 Å². The van der Waals surface area contributed by atoms with Gasteiger partial charge in [0.05, 0.1) is 0 Å². The van der Waals surface area contributed by atoms with E-state index in [9.17, 15) is 13.2 Å². The number of rotatable bonds is 4. The van der Waals surface area contributed by atoms with Gasteiger partial charge in [-0.2, -0.15) is 13.2 Å². The van der Waals surface area contributed by atoms with Crippen LogP contribution in [-0.4, -0.2) is 18.3 Å². The van der Waals surface area contributed by atoms with E-state index < -0.39 is 12.8 Å². The second kappa shape index (κ2) is 6.13. The third-order valence-electron chi connectivity index (χ3n) is 2.22. The summed E-state index contributed by atoms with van der Waals surface area (Å²) in [5.74, 6) is 0.247. The van der Waals surface area contributed by atoms with E-state index in [2.05, 4.69) is 21.2 Å². The Morgan fingerprint density at radius 2 is 1.84 bits per heavy atom. The number of hydrogen-bond acceptors (Lipinski definition) is 2. The first-order chi connectivity index (χ1) is 8.57. The zero-order valence-corrected chi connectivity index (χ0v) is 12.7. The van der Waals surface area contributed by atoms with Gasteiger partial charge in [0.25, 0.3) is 0 Å². The Balaban J connectivity index is 2.80. The zero-order chi connectivity index (χ0) is 14.7. The van der Waals surface area contributed by atoms with Crippen LogP contribution in [0.2, 0.25) is 0 Å². The predicted molar refractivity (Wildman–Crippen MR) is 72.3 cm³/mol. The second-order valence-electron chi connectivity index (χ2n) is 5.26. The lowest BCUT2D eigenvalue weighted by molar-refractivity contribution is -0.153. The highest BCUT2D eigenvalue weighted by molar-refractivity contribution is 9.10. The van der Waals surface area contributed by atoms with Crippen molar-refractivity contribution in [3.63, 3.8) is 0 Å². The maximum atomic E-state index is 12.2. The number of ether oxygens (including phenoxy) is 1. The minimum Gasteiger partial charge on any atom is -0.484 e.